The molecule has 0 radical (unpaired) electrons. The van der Waals surface area contributed by atoms with Crippen molar-refractivity contribution in [2.45, 2.75) is 30.8 Å². The molecule has 3 aromatic rings. The molecule has 2 N–H and O–H groups in total. The van der Waals surface area contributed by atoms with Gasteiger partial charge in [-0.05, 0) is 80.4 Å². The molecule has 1 aliphatic heterocycles. The molecule has 0 aliphatic carbocycles. The fourth-order valence-corrected chi connectivity index (χ4v) is 5.31. The number of hydrogen-bond donors (Lipinski definition) is 2. The third kappa shape index (κ3) is 5.70. The maximum Gasteiger partial charge on any atom is 0.264 e. The van der Waals surface area contributed by atoms with Crippen molar-refractivity contribution in [1.82, 2.24) is 0 Å². The van der Waals surface area contributed by atoms with Crippen molar-refractivity contribution in [2.24, 2.45) is 0 Å². The zero-order valence-corrected chi connectivity index (χ0v) is 20.1. The van der Waals surface area contributed by atoms with Gasteiger partial charge >= 0.3 is 0 Å². The fourth-order valence-electron chi connectivity index (χ4n) is 3.84. The summed E-state index contributed by atoms with van der Waals surface area (Å²) in [5, 5.41) is 5.58. The van der Waals surface area contributed by atoms with Crippen LogP contribution in [0.5, 0.6) is 0 Å². The van der Waals surface area contributed by atoms with E-state index < -0.39 is 16.1 Å². The molecule has 0 aromatic heterocycles. The van der Waals surface area contributed by atoms with Gasteiger partial charge in [-0.1, -0.05) is 18.2 Å². The molecule has 0 saturated carbocycles. The molecule has 0 spiro atoms. The summed E-state index contributed by atoms with van der Waals surface area (Å²) in [4.78, 5) is 24.9. The van der Waals surface area contributed by atoms with Crippen molar-refractivity contribution in [2.75, 3.05) is 28.1 Å². The van der Waals surface area contributed by atoms with Crippen molar-refractivity contribution in [3.8, 4) is 0 Å². The van der Waals surface area contributed by atoms with Crippen molar-refractivity contribution in [1.29, 1.82) is 0 Å². The second kappa shape index (κ2) is 10.7. The van der Waals surface area contributed by atoms with E-state index in [2.05, 4.69) is 10.6 Å². The Hall–Kier alpha value is -3.69. The van der Waals surface area contributed by atoms with Crippen LogP contribution < -0.4 is 14.9 Å². The summed E-state index contributed by atoms with van der Waals surface area (Å²) < 4.78 is 32.9. The maximum absolute atomic E-state index is 13.1. The predicted octanol–water partition coefficient (Wildman–Crippen LogP) is 4.27. The fraction of sp³-hybridized carbons (Fsp3) is 0.231. The molecule has 1 heterocycles. The maximum atomic E-state index is 13.1. The van der Waals surface area contributed by atoms with Gasteiger partial charge in [-0.3, -0.25) is 13.9 Å². The van der Waals surface area contributed by atoms with Gasteiger partial charge in [0.25, 0.3) is 21.8 Å². The Morgan fingerprint density at radius 3 is 2.11 bits per heavy atom. The lowest BCUT2D eigenvalue weighted by Crippen LogP contribution is -2.30. The molecule has 1 unspecified atom stereocenters. The van der Waals surface area contributed by atoms with Gasteiger partial charge in [0.15, 0.2) is 0 Å². The van der Waals surface area contributed by atoms with Crippen molar-refractivity contribution < 1.29 is 22.7 Å². The number of hydrogen-bond acceptors (Lipinski definition) is 5. The Balaban J connectivity index is 1.40. The monoisotopic (exact) mass is 493 g/mol. The first-order valence-corrected chi connectivity index (χ1v) is 12.8. The first-order chi connectivity index (χ1) is 16.9. The number of benzene rings is 3. The van der Waals surface area contributed by atoms with Gasteiger partial charge in [0.2, 0.25) is 0 Å². The van der Waals surface area contributed by atoms with Gasteiger partial charge < -0.3 is 15.4 Å². The van der Waals surface area contributed by atoms with Crippen molar-refractivity contribution in [3.63, 3.8) is 0 Å². The number of para-hydroxylation sites is 1. The summed E-state index contributed by atoms with van der Waals surface area (Å²) in [6.07, 6.45) is 1.17. The average Bonchev–Trinajstić information content (AvgIpc) is 3.42. The minimum Gasteiger partial charge on any atom is -0.368 e. The highest BCUT2D eigenvalue weighted by Crippen LogP contribution is 2.24. The van der Waals surface area contributed by atoms with Crippen LogP contribution in [0.3, 0.4) is 0 Å². The summed E-state index contributed by atoms with van der Waals surface area (Å²) in [5.41, 5.74) is 2.05. The lowest BCUT2D eigenvalue weighted by molar-refractivity contribution is -0.124. The van der Waals surface area contributed by atoms with E-state index in [0.717, 1.165) is 6.42 Å². The number of rotatable bonds is 8. The lowest BCUT2D eigenvalue weighted by Gasteiger charge is -2.23. The van der Waals surface area contributed by atoms with Gasteiger partial charge in [-0.25, -0.2) is 8.42 Å². The molecule has 1 saturated heterocycles. The van der Waals surface area contributed by atoms with Crippen molar-refractivity contribution in [3.05, 3.63) is 84.4 Å². The first kappa shape index (κ1) is 24.4. The minimum absolute atomic E-state index is 0.103. The van der Waals surface area contributed by atoms with Crippen LogP contribution >= 0.6 is 0 Å². The van der Waals surface area contributed by atoms with E-state index in [1.807, 2.05) is 6.07 Å². The molecule has 9 heteroatoms. The zero-order chi connectivity index (χ0) is 24.8. The van der Waals surface area contributed by atoms with Crippen LogP contribution in [0, 0.1) is 0 Å². The number of nitrogens with zero attached hydrogens (tertiary/aromatic N) is 1. The number of nitrogens with one attached hydrogen (secondary N) is 2. The van der Waals surface area contributed by atoms with Gasteiger partial charge in [0, 0.05) is 30.1 Å². The Bertz CT molecular complexity index is 1270. The van der Waals surface area contributed by atoms with E-state index in [0.29, 0.717) is 35.7 Å². The van der Waals surface area contributed by atoms with Gasteiger partial charge in [-0.15, -0.1) is 0 Å². The second-order valence-corrected chi connectivity index (χ2v) is 9.91. The molecular formula is C26H27N3O5S. The van der Waals surface area contributed by atoms with E-state index in [-0.39, 0.29) is 23.3 Å². The molecule has 3 aromatic carbocycles. The van der Waals surface area contributed by atoms with Crippen molar-refractivity contribution >= 4 is 38.9 Å². The lowest BCUT2D eigenvalue weighted by atomic mass is 10.2. The SMILES string of the molecule is CCN(c1ccccc1)S(=O)(=O)c1ccc(C(=O)Nc2ccc(NC(=O)C3CCCO3)cc2)cc1. The molecule has 4 rings (SSSR count). The first-order valence-electron chi connectivity index (χ1n) is 11.4. The number of anilines is 3. The molecule has 8 nitrogen and oxygen atoms in total. The van der Waals surface area contributed by atoms with Gasteiger partial charge in [0.1, 0.15) is 6.10 Å². The van der Waals surface area contributed by atoms with E-state index in [1.165, 1.54) is 28.6 Å². The van der Waals surface area contributed by atoms with Crippen LogP contribution in [0.15, 0.2) is 83.8 Å². The summed E-state index contributed by atoms with van der Waals surface area (Å²) in [7, 11) is -3.77. The smallest absolute Gasteiger partial charge is 0.264 e. The number of sulfonamides is 1. The van der Waals surface area contributed by atoms with Gasteiger partial charge in [0.05, 0.1) is 10.6 Å². The van der Waals surface area contributed by atoms with Crippen LogP contribution in [0.2, 0.25) is 0 Å². The highest BCUT2D eigenvalue weighted by Gasteiger charge is 2.24. The average molecular weight is 494 g/mol. The summed E-state index contributed by atoms with van der Waals surface area (Å²) in [6.45, 7) is 2.64. The van der Waals surface area contributed by atoms with Crippen LogP contribution in [-0.2, 0) is 19.6 Å². The molecule has 0 bridgehead atoms. The standard InChI is InChI=1S/C26H27N3O5S/c1-2-29(22-7-4-3-5-8-22)35(32,33)23-16-10-19(11-17-23)25(30)27-20-12-14-21(15-13-20)28-26(31)24-9-6-18-34-24/h3-5,7-8,10-17,24H,2,6,9,18H2,1H3,(H,27,30)(H,28,31). The molecular weight excluding hydrogens is 466 g/mol. The Kier molecular flexibility index (Phi) is 7.48. The third-order valence-corrected chi connectivity index (χ3v) is 7.59. The van der Waals surface area contributed by atoms with E-state index >= 15 is 0 Å². The van der Waals surface area contributed by atoms with Crippen LogP contribution in [0.25, 0.3) is 0 Å². The van der Waals surface area contributed by atoms with Crippen LogP contribution in [0.1, 0.15) is 30.1 Å². The topological polar surface area (TPSA) is 105 Å². The second-order valence-electron chi connectivity index (χ2n) is 8.05. The summed E-state index contributed by atoms with van der Waals surface area (Å²) >= 11 is 0. The number of amides is 2. The Labute approximate surface area is 205 Å². The molecule has 2 amide bonds. The number of carbonyl (C=O) groups excluding carboxylic acids is 2. The molecule has 1 fully saturated rings. The molecule has 1 atom stereocenters. The highest BCUT2D eigenvalue weighted by molar-refractivity contribution is 7.92. The predicted molar refractivity (Wildman–Crippen MR) is 135 cm³/mol. The Morgan fingerprint density at radius 2 is 1.54 bits per heavy atom. The minimum atomic E-state index is -3.77. The van der Waals surface area contributed by atoms with E-state index in [9.17, 15) is 18.0 Å². The van der Waals surface area contributed by atoms with Crippen LogP contribution in [-0.4, -0.2) is 39.5 Å². The van der Waals surface area contributed by atoms with E-state index in [4.69, 9.17) is 4.74 Å². The van der Waals surface area contributed by atoms with Gasteiger partial charge in [-0.2, -0.15) is 0 Å². The number of ether oxygens (including phenoxy) is 1. The summed E-state index contributed by atoms with van der Waals surface area (Å²) in [6, 6.07) is 21.4. The largest absolute Gasteiger partial charge is 0.368 e. The number of carbonyl (C=O) groups is 2. The summed E-state index contributed by atoms with van der Waals surface area (Å²) in [5.74, 6) is -0.552. The Morgan fingerprint density at radius 1 is 0.914 bits per heavy atom. The molecule has 1 aliphatic rings. The molecule has 35 heavy (non-hydrogen) atoms. The zero-order valence-electron chi connectivity index (χ0n) is 19.3. The third-order valence-electron chi connectivity index (χ3n) is 5.67. The highest BCUT2D eigenvalue weighted by atomic mass is 32.2. The molecule has 182 valence electrons. The normalized spacial score (nSPS) is 15.4. The van der Waals surface area contributed by atoms with Crippen LogP contribution in [0.4, 0.5) is 17.1 Å². The van der Waals surface area contributed by atoms with E-state index in [1.54, 1.807) is 55.5 Å². The quantitative estimate of drug-likeness (QED) is 0.488.